The van der Waals surface area contributed by atoms with Crippen molar-refractivity contribution < 1.29 is 13.2 Å². The molecule has 1 atom stereocenters. The number of aryl methyl sites for hydroxylation is 1. The van der Waals surface area contributed by atoms with Crippen molar-refractivity contribution in [3.05, 3.63) is 58.7 Å². The summed E-state index contributed by atoms with van der Waals surface area (Å²) >= 11 is 0. The Morgan fingerprint density at radius 3 is 2.58 bits per heavy atom. The normalized spacial score (nSPS) is 17.4. The highest BCUT2D eigenvalue weighted by molar-refractivity contribution is 7.89. The molecule has 0 fully saturated rings. The molecule has 0 saturated carbocycles. The largest absolute Gasteiger partial charge is 0.496 e. The molecule has 1 N–H and O–H groups in total. The summed E-state index contributed by atoms with van der Waals surface area (Å²) in [4.78, 5) is 0.323. The van der Waals surface area contributed by atoms with E-state index in [4.69, 9.17) is 4.74 Å². The second-order valence-electron chi connectivity index (χ2n) is 6.28. The van der Waals surface area contributed by atoms with Crippen LogP contribution in [-0.2, 0) is 16.4 Å². The van der Waals surface area contributed by atoms with E-state index in [-0.39, 0.29) is 6.04 Å². The van der Waals surface area contributed by atoms with E-state index in [0.29, 0.717) is 10.6 Å². The molecule has 24 heavy (non-hydrogen) atoms. The molecule has 0 aliphatic heterocycles. The first-order valence-electron chi connectivity index (χ1n) is 8.18. The van der Waals surface area contributed by atoms with Gasteiger partial charge in [0.1, 0.15) is 5.75 Å². The van der Waals surface area contributed by atoms with E-state index in [9.17, 15) is 8.42 Å². The summed E-state index contributed by atoms with van der Waals surface area (Å²) in [6.07, 6.45) is 2.82. The van der Waals surface area contributed by atoms with Gasteiger partial charge in [-0.15, -0.1) is 0 Å². The number of nitrogens with one attached hydrogen (secondary N) is 1. The Kier molecular flexibility index (Phi) is 4.65. The van der Waals surface area contributed by atoms with Gasteiger partial charge in [-0.25, -0.2) is 13.1 Å². The third-order valence-corrected chi connectivity index (χ3v) is 6.48. The molecule has 2 aromatic carbocycles. The zero-order valence-electron chi connectivity index (χ0n) is 14.3. The Bertz CT molecular complexity index is 859. The summed E-state index contributed by atoms with van der Waals surface area (Å²) < 4.78 is 34.0. The van der Waals surface area contributed by atoms with Crippen LogP contribution in [0.1, 0.15) is 41.1 Å². The summed E-state index contributed by atoms with van der Waals surface area (Å²) in [5.41, 5.74) is 3.91. The minimum absolute atomic E-state index is 0.165. The molecule has 0 radical (unpaired) electrons. The second-order valence-corrected chi connectivity index (χ2v) is 7.96. The number of sulfonamides is 1. The van der Waals surface area contributed by atoms with E-state index in [1.807, 2.05) is 32.0 Å². The van der Waals surface area contributed by atoms with Crippen molar-refractivity contribution in [3.8, 4) is 5.75 Å². The van der Waals surface area contributed by atoms with Crippen molar-refractivity contribution in [3.63, 3.8) is 0 Å². The van der Waals surface area contributed by atoms with Crippen molar-refractivity contribution in [2.75, 3.05) is 7.11 Å². The average molecular weight is 345 g/mol. The molecule has 128 valence electrons. The summed E-state index contributed by atoms with van der Waals surface area (Å²) in [6.45, 7) is 3.70. The molecule has 1 aliphatic carbocycles. The van der Waals surface area contributed by atoms with E-state index in [2.05, 4.69) is 10.8 Å². The first-order valence-corrected chi connectivity index (χ1v) is 9.66. The van der Waals surface area contributed by atoms with Gasteiger partial charge >= 0.3 is 0 Å². The lowest BCUT2D eigenvalue weighted by Gasteiger charge is -2.26. The van der Waals surface area contributed by atoms with E-state index in [1.165, 1.54) is 5.56 Å². The molecule has 1 unspecified atom stereocenters. The summed E-state index contributed by atoms with van der Waals surface area (Å²) in [5.74, 6) is 0.703. The standard InChI is InChI=1S/C19H23NO3S/c1-13-14(2)19(12-11-18(13)23-3)24(21,22)20-17-10-6-8-15-7-4-5-9-16(15)17/h4-5,7,9,11-12,17,20H,6,8,10H2,1-3H3. The van der Waals surface area contributed by atoms with Crippen LogP contribution in [-0.4, -0.2) is 15.5 Å². The van der Waals surface area contributed by atoms with Crippen LogP contribution in [0, 0.1) is 13.8 Å². The Morgan fingerprint density at radius 2 is 1.83 bits per heavy atom. The van der Waals surface area contributed by atoms with Crippen molar-refractivity contribution in [1.82, 2.24) is 4.72 Å². The number of ether oxygens (including phenoxy) is 1. The quantitative estimate of drug-likeness (QED) is 0.920. The topological polar surface area (TPSA) is 55.4 Å². The molecular weight excluding hydrogens is 322 g/mol. The van der Waals surface area contributed by atoms with Crippen molar-refractivity contribution in [1.29, 1.82) is 0 Å². The molecule has 1 aliphatic rings. The van der Waals surface area contributed by atoms with Crippen molar-refractivity contribution in [2.24, 2.45) is 0 Å². The number of fused-ring (bicyclic) bond motifs is 1. The Hall–Kier alpha value is -1.85. The second kappa shape index (κ2) is 6.57. The van der Waals surface area contributed by atoms with Gasteiger partial charge in [-0.2, -0.15) is 0 Å². The van der Waals surface area contributed by atoms with Crippen LogP contribution < -0.4 is 9.46 Å². The van der Waals surface area contributed by atoms with Gasteiger partial charge in [0, 0.05) is 6.04 Å². The molecule has 0 heterocycles. The Balaban J connectivity index is 1.95. The SMILES string of the molecule is COc1ccc(S(=O)(=O)NC2CCCc3ccccc32)c(C)c1C. The van der Waals surface area contributed by atoms with Crippen LogP contribution in [0.15, 0.2) is 41.3 Å². The van der Waals surface area contributed by atoms with Crippen LogP contribution in [0.2, 0.25) is 0 Å². The molecule has 3 rings (SSSR count). The lowest BCUT2D eigenvalue weighted by molar-refractivity contribution is 0.410. The minimum Gasteiger partial charge on any atom is -0.496 e. The fourth-order valence-electron chi connectivity index (χ4n) is 3.41. The maximum absolute atomic E-state index is 12.9. The minimum atomic E-state index is -3.59. The van der Waals surface area contributed by atoms with Gasteiger partial charge < -0.3 is 4.74 Å². The Morgan fingerprint density at radius 1 is 1.08 bits per heavy atom. The third-order valence-electron chi connectivity index (χ3n) is 4.86. The predicted molar refractivity (Wildman–Crippen MR) is 94.9 cm³/mol. The maximum Gasteiger partial charge on any atom is 0.241 e. The van der Waals surface area contributed by atoms with Crippen LogP contribution in [0.3, 0.4) is 0 Å². The summed E-state index contributed by atoms with van der Waals surface area (Å²) in [6, 6.07) is 11.2. The highest BCUT2D eigenvalue weighted by Crippen LogP contribution is 2.32. The number of benzene rings is 2. The predicted octanol–water partition coefficient (Wildman–Crippen LogP) is 3.67. The molecule has 0 amide bonds. The van der Waals surface area contributed by atoms with E-state index in [1.54, 1.807) is 19.2 Å². The zero-order valence-corrected chi connectivity index (χ0v) is 15.1. The fourth-order valence-corrected chi connectivity index (χ4v) is 4.96. The molecular formula is C19H23NO3S. The molecule has 0 spiro atoms. The Labute approximate surface area is 143 Å². The van der Waals surface area contributed by atoms with Gasteiger partial charge in [0.05, 0.1) is 12.0 Å². The number of hydrogen-bond acceptors (Lipinski definition) is 3. The molecule has 2 aromatic rings. The summed E-state index contributed by atoms with van der Waals surface area (Å²) in [5, 5.41) is 0. The van der Waals surface area contributed by atoms with E-state index >= 15 is 0 Å². The van der Waals surface area contributed by atoms with Crippen molar-refractivity contribution in [2.45, 2.75) is 44.0 Å². The number of methoxy groups -OCH3 is 1. The van der Waals surface area contributed by atoms with Gasteiger partial charge in [0.15, 0.2) is 0 Å². The van der Waals surface area contributed by atoms with E-state index < -0.39 is 10.0 Å². The van der Waals surface area contributed by atoms with Gasteiger partial charge in [-0.3, -0.25) is 0 Å². The molecule has 4 nitrogen and oxygen atoms in total. The van der Waals surface area contributed by atoms with E-state index in [0.717, 1.165) is 36.0 Å². The first-order chi connectivity index (χ1) is 11.4. The van der Waals surface area contributed by atoms with Gasteiger partial charge in [0.2, 0.25) is 10.0 Å². The van der Waals surface area contributed by atoms with Crippen LogP contribution in [0.25, 0.3) is 0 Å². The highest BCUT2D eigenvalue weighted by Gasteiger charge is 2.27. The molecule has 5 heteroatoms. The molecule has 0 aromatic heterocycles. The van der Waals surface area contributed by atoms with Crippen LogP contribution in [0.5, 0.6) is 5.75 Å². The number of hydrogen-bond donors (Lipinski definition) is 1. The van der Waals surface area contributed by atoms with Gasteiger partial charge in [0.25, 0.3) is 0 Å². The average Bonchev–Trinajstić information content (AvgIpc) is 2.57. The van der Waals surface area contributed by atoms with Crippen LogP contribution in [0.4, 0.5) is 0 Å². The molecule has 0 saturated heterocycles. The zero-order chi connectivity index (χ0) is 17.3. The summed E-state index contributed by atoms with van der Waals surface area (Å²) in [7, 11) is -2.00. The third kappa shape index (κ3) is 3.06. The maximum atomic E-state index is 12.9. The first kappa shape index (κ1) is 17.0. The fraction of sp³-hybridized carbons (Fsp3) is 0.368. The number of rotatable bonds is 4. The lowest BCUT2D eigenvalue weighted by Crippen LogP contribution is -2.31. The molecule has 0 bridgehead atoms. The van der Waals surface area contributed by atoms with Crippen LogP contribution >= 0.6 is 0 Å². The van der Waals surface area contributed by atoms with Gasteiger partial charge in [-0.05, 0) is 67.5 Å². The van der Waals surface area contributed by atoms with Crippen molar-refractivity contribution >= 4 is 10.0 Å². The van der Waals surface area contributed by atoms with Gasteiger partial charge in [-0.1, -0.05) is 24.3 Å². The highest BCUT2D eigenvalue weighted by atomic mass is 32.2. The smallest absolute Gasteiger partial charge is 0.241 e. The monoisotopic (exact) mass is 345 g/mol. The lowest BCUT2D eigenvalue weighted by atomic mass is 9.88.